The number of hydrogen-bond acceptors (Lipinski definition) is 6. The fourth-order valence-electron chi connectivity index (χ4n) is 5.02. The first-order chi connectivity index (χ1) is 14.0. The van der Waals surface area contributed by atoms with Gasteiger partial charge in [-0.05, 0) is 25.5 Å². The standard InChI is InChI=1S/C21H23FN4O3/c1-11-2-4-12(5-3-11)25-21(28)13-8-16-17(27)14-9-26(10-15(14)18(13)29-16)20-19(22)23-6-7-24-20/h2-7,13-18,27H,8-10H2,1H3,(H,25,28)/t13?,14-,15+,16+,17+,18-/m1/s1. The van der Waals surface area contributed by atoms with Gasteiger partial charge in [0.05, 0.1) is 24.2 Å². The molecule has 6 atom stereocenters. The molecule has 1 amide bonds. The minimum Gasteiger partial charge on any atom is -0.390 e. The highest BCUT2D eigenvalue weighted by Crippen LogP contribution is 2.47. The lowest BCUT2D eigenvalue weighted by atomic mass is 9.83. The molecular weight excluding hydrogens is 375 g/mol. The maximum absolute atomic E-state index is 14.1. The highest BCUT2D eigenvalue weighted by Gasteiger charge is 2.58. The fourth-order valence-corrected chi connectivity index (χ4v) is 5.02. The Morgan fingerprint density at radius 2 is 1.93 bits per heavy atom. The van der Waals surface area contributed by atoms with Crippen molar-refractivity contribution >= 4 is 17.4 Å². The van der Waals surface area contributed by atoms with Crippen LogP contribution in [-0.4, -0.2) is 52.4 Å². The molecule has 2 N–H and O–H groups in total. The molecule has 0 radical (unpaired) electrons. The molecule has 29 heavy (non-hydrogen) atoms. The van der Waals surface area contributed by atoms with Gasteiger partial charge >= 0.3 is 0 Å². The lowest BCUT2D eigenvalue weighted by Gasteiger charge is -2.36. The smallest absolute Gasteiger partial charge is 0.255 e. The predicted octanol–water partition coefficient (Wildman–Crippen LogP) is 1.76. The van der Waals surface area contributed by atoms with Crippen LogP contribution < -0.4 is 10.2 Å². The summed E-state index contributed by atoms with van der Waals surface area (Å²) in [7, 11) is 0. The van der Waals surface area contributed by atoms with Crippen LogP contribution in [-0.2, 0) is 9.53 Å². The van der Waals surface area contributed by atoms with Gasteiger partial charge in [0.1, 0.15) is 0 Å². The molecular formula is C21H23FN4O3. The molecule has 3 aliphatic rings. The second-order valence-corrected chi connectivity index (χ2v) is 8.23. The van der Waals surface area contributed by atoms with E-state index in [1.165, 1.54) is 12.4 Å². The monoisotopic (exact) mass is 398 g/mol. The number of benzene rings is 1. The maximum Gasteiger partial charge on any atom is 0.255 e. The van der Waals surface area contributed by atoms with Crippen LogP contribution in [0.3, 0.4) is 0 Å². The second-order valence-electron chi connectivity index (χ2n) is 8.23. The number of aliphatic hydroxyl groups excluding tert-OH is 1. The number of carbonyl (C=O) groups is 1. The Kier molecular flexibility index (Phi) is 4.48. The zero-order valence-corrected chi connectivity index (χ0v) is 16.0. The third kappa shape index (κ3) is 3.16. The van der Waals surface area contributed by atoms with Crippen molar-refractivity contribution < 1.29 is 19.0 Å². The number of amides is 1. The van der Waals surface area contributed by atoms with Gasteiger partial charge in [0, 0.05) is 43.0 Å². The molecule has 1 aromatic carbocycles. The number of aliphatic hydroxyl groups is 1. The van der Waals surface area contributed by atoms with Crippen molar-refractivity contribution in [3.05, 3.63) is 48.2 Å². The summed E-state index contributed by atoms with van der Waals surface area (Å²) < 4.78 is 20.2. The van der Waals surface area contributed by atoms with Gasteiger partial charge in [-0.25, -0.2) is 9.97 Å². The van der Waals surface area contributed by atoms with Crippen molar-refractivity contribution in [1.29, 1.82) is 0 Å². The Labute approximate surface area is 167 Å². The Morgan fingerprint density at radius 1 is 1.21 bits per heavy atom. The molecule has 8 heteroatoms. The lowest BCUT2D eigenvalue weighted by Crippen LogP contribution is -2.47. The van der Waals surface area contributed by atoms with E-state index in [2.05, 4.69) is 15.3 Å². The minimum absolute atomic E-state index is 0.0704. The number of anilines is 2. The average molecular weight is 398 g/mol. The number of nitrogens with zero attached hydrogens (tertiary/aromatic N) is 3. The van der Waals surface area contributed by atoms with Crippen LogP contribution in [0.4, 0.5) is 15.9 Å². The van der Waals surface area contributed by atoms with E-state index in [4.69, 9.17) is 4.74 Å². The second kappa shape index (κ2) is 7.03. The van der Waals surface area contributed by atoms with Gasteiger partial charge in [-0.15, -0.1) is 0 Å². The highest BCUT2D eigenvalue weighted by molar-refractivity contribution is 5.93. The molecule has 0 aliphatic carbocycles. The fraction of sp³-hybridized carbons (Fsp3) is 0.476. The number of rotatable bonds is 3. The largest absolute Gasteiger partial charge is 0.390 e. The normalized spacial score (nSPS) is 32.9. The van der Waals surface area contributed by atoms with Gasteiger partial charge in [0.15, 0.2) is 5.82 Å². The molecule has 0 spiro atoms. The summed E-state index contributed by atoms with van der Waals surface area (Å²) >= 11 is 0. The molecule has 2 bridgehead atoms. The number of ether oxygens (including phenoxy) is 1. The van der Waals surface area contributed by atoms with Crippen molar-refractivity contribution in [2.45, 2.75) is 31.7 Å². The molecule has 0 saturated carbocycles. The van der Waals surface area contributed by atoms with Crippen LogP contribution in [0, 0.1) is 30.6 Å². The quantitative estimate of drug-likeness (QED) is 0.819. The summed E-state index contributed by atoms with van der Waals surface area (Å²) in [4.78, 5) is 22.6. The zero-order chi connectivity index (χ0) is 20.1. The van der Waals surface area contributed by atoms with Crippen LogP contribution in [0.2, 0.25) is 0 Å². The molecule has 3 fully saturated rings. The average Bonchev–Trinajstić information content (AvgIpc) is 3.32. The number of nitrogens with one attached hydrogen (secondary N) is 1. The molecule has 3 saturated heterocycles. The van der Waals surface area contributed by atoms with E-state index in [-0.39, 0.29) is 41.7 Å². The molecule has 1 unspecified atom stereocenters. The van der Waals surface area contributed by atoms with Crippen LogP contribution in [0.1, 0.15) is 12.0 Å². The maximum atomic E-state index is 14.1. The lowest BCUT2D eigenvalue weighted by molar-refractivity contribution is -0.138. The van der Waals surface area contributed by atoms with E-state index in [0.29, 0.717) is 19.5 Å². The summed E-state index contributed by atoms with van der Waals surface area (Å²) in [5.41, 5.74) is 1.87. The van der Waals surface area contributed by atoms with Gasteiger partial charge < -0.3 is 20.1 Å². The Hall–Kier alpha value is -2.58. The van der Waals surface area contributed by atoms with Crippen molar-refractivity contribution in [3.8, 4) is 0 Å². The number of fused-ring (bicyclic) bond motifs is 4. The summed E-state index contributed by atoms with van der Waals surface area (Å²) in [6.07, 6.45) is 1.91. The van der Waals surface area contributed by atoms with Gasteiger partial charge in [-0.2, -0.15) is 4.39 Å². The Bertz CT molecular complexity index is 924. The minimum atomic E-state index is -0.682. The molecule has 5 rings (SSSR count). The van der Waals surface area contributed by atoms with E-state index >= 15 is 0 Å². The van der Waals surface area contributed by atoms with Crippen molar-refractivity contribution in [1.82, 2.24) is 9.97 Å². The molecule has 2 aromatic rings. The van der Waals surface area contributed by atoms with Crippen LogP contribution in [0.15, 0.2) is 36.7 Å². The number of carbonyl (C=O) groups excluding carboxylic acids is 1. The highest BCUT2D eigenvalue weighted by atomic mass is 19.1. The van der Waals surface area contributed by atoms with Crippen LogP contribution in [0.5, 0.6) is 0 Å². The zero-order valence-electron chi connectivity index (χ0n) is 16.0. The van der Waals surface area contributed by atoms with Gasteiger partial charge in [0.25, 0.3) is 5.95 Å². The molecule has 1 aromatic heterocycles. The van der Waals surface area contributed by atoms with E-state index in [1.54, 1.807) is 4.90 Å². The Morgan fingerprint density at radius 3 is 2.69 bits per heavy atom. The third-order valence-electron chi connectivity index (χ3n) is 6.46. The topological polar surface area (TPSA) is 87.6 Å². The van der Waals surface area contributed by atoms with E-state index in [9.17, 15) is 14.3 Å². The summed E-state index contributed by atoms with van der Waals surface area (Å²) in [6.45, 7) is 2.94. The molecule has 3 aliphatic heterocycles. The van der Waals surface area contributed by atoms with E-state index in [1.807, 2.05) is 31.2 Å². The van der Waals surface area contributed by atoms with Gasteiger partial charge in [-0.3, -0.25) is 4.79 Å². The first-order valence-corrected chi connectivity index (χ1v) is 9.94. The molecule has 4 heterocycles. The van der Waals surface area contributed by atoms with Gasteiger partial charge in [-0.1, -0.05) is 17.7 Å². The van der Waals surface area contributed by atoms with E-state index in [0.717, 1.165) is 11.3 Å². The predicted molar refractivity (Wildman–Crippen MR) is 104 cm³/mol. The third-order valence-corrected chi connectivity index (χ3v) is 6.46. The van der Waals surface area contributed by atoms with Crippen molar-refractivity contribution in [3.63, 3.8) is 0 Å². The summed E-state index contributed by atoms with van der Waals surface area (Å²) in [6, 6.07) is 7.65. The molecule has 152 valence electrons. The van der Waals surface area contributed by atoms with E-state index < -0.39 is 12.1 Å². The van der Waals surface area contributed by atoms with Crippen LogP contribution >= 0.6 is 0 Å². The van der Waals surface area contributed by atoms with Crippen LogP contribution in [0.25, 0.3) is 0 Å². The SMILES string of the molecule is Cc1ccc(NC(=O)C2C[C@@H]3O[C@H]2[C@H]2CN(c4nccnc4F)C[C@H]2[C@@H]3O)cc1. The summed E-state index contributed by atoms with van der Waals surface area (Å²) in [5, 5.41) is 13.8. The number of hydrogen-bond donors (Lipinski definition) is 2. The van der Waals surface area contributed by atoms with Gasteiger partial charge in [0.2, 0.25) is 5.91 Å². The number of aryl methyl sites for hydroxylation is 1. The first kappa shape index (κ1) is 18.4. The number of halogens is 1. The number of aromatic nitrogens is 2. The summed E-state index contributed by atoms with van der Waals surface area (Å²) in [5.74, 6) is -1.04. The molecule has 7 nitrogen and oxygen atoms in total. The Balaban J connectivity index is 1.35. The van der Waals surface area contributed by atoms with Crippen molar-refractivity contribution in [2.24, 2.45) is 17.8 Å². The van der Waals surface area contributed by atoms with Crippen molar-refractivity contribution in [2.75, 3.05) is 23.3 Å². The first-order valence-electron chi connectivity index (χ1n) is 9.94.